The highest BCUT2D eigenvalue weighted by Gasteiger charge is 2.21. The van der Waals surface area contributed by atoms with Crippen LogP contribution in [0.1, 0.15) is 0 Å². The molecule has 9 nitrogen and oxygen atoms in total. The molecule has 0 radical (unpaired) electrons. The number of benzene rings is 1. The molecular formula is C15H12ClN5O4. The third-order valence-electron chi connectivity index (χ3n) is 3.69. The fraction of sp³-hybridized carbons (Fsp3) is 0.133. The van der Waals surface area contributed by atoms with Gasteiger partial charge in [0, 0.05) is 30.9 Å². The van der Waals surface area contributed by atoms with Crippen molar-refractivity contribution >= 4 is 39.8 Å². The molecule has 3 aromatic rings. The molecule has 2 aromatic heterocycles. The van der Waals surface area contributed by atoms with E-state index in [1.54, 1.807) is 24.3 Å². The third kappa shape index (κ3) is 2.85. The van der Waals surface area contributed by atoms with Crippen LogP contribution in [0.4, 0.5) is 17.2 Å². The molecule has 2 heterocycles. The maximum Gasteiger partial charge on any atom is 0.332 e. The van der Waals surface area contributed by atoms with Gasteiger partial charge in [0.1, 0.15) is 0 Å². The van der Waals surface area contributed by atoms with Gasteiger partial charge in [-0.3, -0.25) is 24.0 Å². The van der Waals surface area contributed by atoms with E-state index in [0.717, 1.165) is 15.2 Å². The van der Waals surface area contributed by atoms with Crippen molar-refractivity contribution in [1.82, 2.24) is 14.1 Å². The van der Waals surface area contributed by atoms with Gasteiger partial charge >= 0.3 is 11.4 Å². The monoisotopic (exact) mass is 361 g/mol. The normalized spacial score (nSPS) is 10.8. The Morgan fingerprint density at radius 3 is 2.56 bits per heavy atom. The van der Waals surface area contributed by atoms with Crippen LogP contribution in [0.15, 0.2) is 39.9 Å². The summed E-state index contributed by atoms with van der Waals surface area (Å²) in [5.41, 5.74) is -1.08. The van der Waals surface area contributed by atoms with Crippen molar-refractivity contribution in [2.24, 2.45) is 14.1 Å². The summed E-state index contributed by atoms with van der Waals surface area (Å²) in [6.07, 6.45) is 0. The number of aryl methyl sites for hydroxylation is 1. The van der Waals surface area contributed by atoms with Gasteiger partial charge in [0.25, 0.3) is 5.56 Å². The number of hydrogen-bond acceptors (Lipinski definition) is 6. The molecule has 3 rings (SSSR count). The predicted octanol–water partition coefficient (Wildman–Crippen LogP) is 1.94. The van der Waals surface area contributed by atoms with Gasteiger partial charge in [-0.15, -0.1) is 0 Å². The van der Waals surface area contributed by atoms with Crippen molar-refractivity contribution < 1.29 is 4.92 Å². The Kier molecular flexibility index (Phi) is 4.01. The van der Waals surface area contributed by atoms with Crippen LogP contribution in [0.5, 0.6) is 0 Å². The summed E-state index contributed by atoms with van der Waals surface area (Å²) < 4.78 is 2.03. The van der Waals surface area contributed by atoms with Gasteiger partial charge in [-0.2, -0.15) is 0 Å². The van der Waals surface area contributed by atoms with Crippen LogP contribution in [-0.2, 0) is 14.1 Å². The smallest absolute Gasteiger partial charge is 0.332 e. The summed E-state index contributed by atoms with van der Waals surface area (Å²) in [5, 5.41) is 14.6. The zero-order valence-corrected chi connectivity index (χ0v) is 13.9. The molecule has 0 spiro atoms. The number of rotatable bonds is 3. The average Bonchev–Trinajstić information content (AvgIpc) is 2.57. The lowest BCUT2D eigenvalue weighted by Gasteiger charge is -2.10. The maximum absolute atomic E-state index is 12.2. The lowest BCUT2D eigenvalue weighted by molar-refractivity contribution is -0.384. The number of nitrogens with zero attached hydrogens (tertiary/aromatic N) is 4. The molecule has 1 N–H and O–H groups in total. The van der Waals surface area contributed by atoms with Gasteiger partial charge in [0.15, 0.2) is 5.65 Å². The van der Waals surface area contributed by atoms with Crippen molar-refractivity contribution in [1.29, 1.82) is 0 Å². The second-order valence-electron chi connectivity index (χ2n) is 5.33. The van der Waals surface area contributed by atoms with E-state index < -0.39 is 16.2 Å². The summed E-state index contributed by atoms with van der Waals surface area (Å²) in [5.74, 6) is -0.0944. The number of aromatic nitrogens is 3. The van der Waals surface area contributed by atoms with Crippen LogP contribution in [0, 0.1) is 10.1 Å². The highest BCUT2D eigenvalue weighted by Crippen LogP contribution is 2.28. The molecule has 0 atom stereocenters. The minimum Gasteiger partial charge on any atom is -0.334 e. The van der Waals surface area contributed by atoms with Gasteiger partial charge in [0.05, 0.1) is 10.3 Å². The molecule has 0 fully saturated rings. The van der Waals surface area contributed by atoms with Crippen LogP contribution < -0.4 is 16.6 Å². The predicted molar refractivity (Wildman–Crippen MR) is 93.6 cm³/mol. The first-order chi connectivity index (χ1) is 11.8. The molecule has 0 saturated heterocycles. The largest absolute Gasteiger partial charge is 0.334 e. The standard InChI is InChI=1S/C15H12ClN5O4/c1-19-13-10(14(22)20(2)15(19)23)7-11(21(24)25)12(18-13)17-9-5-3-4-8(16)6-9/h3-7H,1-2H3,(H,17,18). The molecule has 0 saturated carbocycles. The topological polar surface area (TPSA) is 112 Å². The highest BCUT2D eigenvalue weighted by molar-refractivity contribution is 6.30. The van der Waals surface area contributed by atoms with E-state index in [9.17, 15) is 19.7 Å². The fourth-order valence-corrected chi connectivity index (χ4v) is 2.61. The summed E-state index contributed by atoms with van der Waals surface area (Å²) in [6.45, 7) is 0. The van der Waals surface area contributed by atoms with E-state index in [4.69, 9.17) is 11.6 Å². The summed E-state index contributed by atoms with van der Waals surface area (Å²) in [7, 11) is 2.74. The first-order valence-electron chi connectivity index (χ1n) is 7.07. The van der Waals surface area contributed by atoms with Crippen LogP contribution in [0.2, 0.25) is 5.02 Å². The molecular weight excluding hydrogens is 350 g/mol. The average molecular weight is 362 g/mol. The van der Waals surface area contributed by atoms with E-state index in [-0.39, 0.29) is 22.5 Å². The molecule has 0 unspecified atom stereocenters. The Hall–Kier alpha value is -3.20. The number of nitrogens with one attached hydrogen (secondary N) is 1. The molecule has 128 valence electrons. The van der Waals surface area contributed by atoms with E-state index in [1.807, 2.05) is 0 Å². The molecule has 25 heavy (non-hydrogen) atoms. The number of pyridine rings is 1. The lowest BCUT2D eigenvalue weighted by atomic mass is 10.2. The maximum atomic E-state index is 12.2. The first kappa shape index (κ1) is 16.7. The third-order valence-corrected chi connectivity index (χ3v) is 3.93. The lowest BCUT2D eigenvalue weighted by Crippen LogP contribution is -2.37. The van der Waals surface area contributed by atoms with Gasteiger partial charge in [-0.1, -0.05) is 17.7 Å². The molecule has 0 aliphatic carbocycles. The number of anilines is 2. The summed E-state index contributed by atoms with van der Waals surface area (Å²) in [6, 6.07) is 7.66. The quantitative estimate of drug-likeness (QED) is 0.563. The first-order valence-corrected chi connectivity index (χ1v) is 7.45. The summed E-state index contributed by atoms with van der Waals surface area (Å²) >= 11 is 5.91. The van der Waals surface area contributed by atoms with Crippen LogP contribution >= 0.6 is 11.6 Å². The molecule has 0 bridgehead atoms. The van der Waals surface area contributed by atoms with Crippen molar-refractivity contribution in [2.45, 2.75) is 0 Å². The molecule has 0 aliphatic rings. The second kappa shape index (κ2) is 6.02. The van der Waals surface area contributed by atoms with E-state index >= 15 is 0 Å². The van der Waals surface area contributed by atoms with Gasteiger partial charge in [-0.25, -0.2) is 9.78 Å². The molecule has 10 heteroatoms. The minimum atomic E-state index is -0.650. The number of fused-ring (bicyclic) bond motifs is 1. The fourth-order valence-electron chi connectivity index (χ4n) is 2.42. The zero-order valence-electron chi connectivity index (χ0n) is 13.2. The number of nitro groups is 1. The van der Waals surface area contributed by atoms with Crippen molar-refractivity contribution in [3.8, 4) is 0 Å². The molecule has 0 aliphatic heterocycles. The molecule has 0 amide bonds. The van der Waals surface area contributed by atoms with Gasteiger partial charge < -0.3 is 5.32 Å². The van der Waals surface area contributed by atoms with Gasteiger partial charge in [-0.05, 0) is 18.2 Å². The SMILES string of the molecule is Cn1c(=O)c2cc([N+](=O)[O-])c(Nc3cccc(Cl)c3)nc2n(C)c1=O. The van der Waals surface area contributed by atoms with Gasteiger partial charge in [0.2, 0.25) is 5.82 Å². The number of hydrogen-bond donors (Lipinski definition) is 1. The number of halogens is 1. The van der Waals surface area contributed by atoms with Crippen LogP contribution in [0.25, 0.3) is 11.0 Å². The highest BCUT2D eigenvalue weighted by atomic mass is 35.5. The second-order valence-corrected chi connectivity index (χ2v) is 5.76. The van der Waals surface area contributed by atoms with Crippen LogP contribution in [0.3, 0.4) is 0 Å². The Bertz CT molecular complexity index is 1140. The Morgan fingerprint density at radius 2 is 1.92 bits per heavy atom. The van der Waals surface area contributed by atoms with Crippen molar-refractivity contribution in [3.63, 3.8) is 0 Å². The Labute approximate surface area is 145 Å². The van der Waals surface area contributed by atoms with E-state index in [0.29, 0.717) is 10.7 Å². The van der Waals surface area contributed by atoms with Crippen LogP contribution in [-0.4, -0.2) is 19.0 Å². The Balaban J connectivity index is 2.31. The van der Waals surface area contributed by atoms with Crippen molar-refractivity contribution in [3.05, 3.63) is 66.3 Å². The zero-order chi connectivity index (χ0) is 18.3. The van der Waals surface area contributed by atoms with E-state index in [1.165, 1.54) is 14.1 Å². The minimum absolute atomic E-state index is 0.0204. The van der Waals surface area contributed by atoms with E-state index in [2.05, 4.69) is 10.3 Å². The summed E-state index contributed by atoms with van der Waals surface area (Å²) in [4.78, 5) is 39.2. The van der Waals surface area contributed by atoms with Crippen molar-refractivity contribution in [2.75, 3.05) is 5.32 Å². The molecule has 1 aromatic carbocycles. The Morgan fingerprint density at radius 1 is 1.20 bits per heavy atom.